The Labute approximate surface area is 166 Å². The van der Waals surface area contributed by atoms with Gasteiger partial charge in [-0.05, 0) is 48.7 Å². The molecule has 1 saturated heterocycles. The van der Waals surface area contributed by atoms with Gasteiger partial charge in [0, 0.05) is 12.8 Å². The van der Waals surface area contributed by atoms with Crippen LogP contribution in [0.5, 0.6) is 11.5 Å². The normalized spacial score (nSPS) is 16.5. The van der Waals surface area contributed by atoms with Gasteiger partial charge in [-0.2, -0.15) is 8.42 Å². The Kier molecular flexibility index (Phi) is 6.59. The van der Waals surface area contributed by atoms with E-state index in [0.717, 1.165) is 42.8 Å². The van der Waals surface area contributed by atoms with Gasteiger partial charge in [-0.3, -0.25) is 0 Å². The molecule has 0 spiro atoms. The van der Waals surface area contributed by atoms with Crippen molar-refractivity contribution < 1.29 is 26.8 Å². The van der Waals surface area contributed by atoms with Crippen LogP contribution < -0.4 is 8.92 Å². The Bertz CT molecular complexity index is 870. The highest BCUT2D eigenvalue weighted by molar-refractivity contribution is 7.86. The Balaban J connectivity index is 1.49. The maximum atomic E-state index is 11.2. The predicted molar refractivity (Wildman–Crippen MR) is 106 cm³/mol. The van der Waals surface area contributed by atoms with Gasteiger partial charge in [0.05, 0.1) is 26.1 Å². The van der Waals surface area contributed by atoms with Crippen molar-refractivity contribution in [2.24, 2.45) is 0 Å². The number of hydrogen-bond donors (Lipinski definition) is 0. The molecule has 0 aliphatic carbocycles. The molecular formula is C21H26O6S. The number of hydrogen-bond acceptors (Lipinski definition) is 6. The zero-order valence-electron chi connectivity index (χ0n) is 16.2. The first-order chi connectivity index (χ1) is 13.3. The van der Waals surface area contributed by atoms with Crippen molar-refractivity contribution in [2.75, 3.05) is 26.1 Å². The molecule has 1 aliphatic heterocycles. The molecule has 0 aromatic heterocycles. The van der Waals surface area contributed by atoms with E-state index in [1.807, 2.05) is 37.3 Å². The average Bonchev–Trinajstić information content (AvgIpc) is 2.62. The second-order valence-electron chi connectivity index (χ2n) is 7.04. The summed E-state index contributed by atoms with van der Waals surface area (Å²) in [5, 5.41) is 0. The summed E-state index contributed by atoms with van der Waals surface area (Å²) < 4.78 is 44.6. The molecule has 0 unspecified atom stereocenters. The van der Waals surface area contributed by atoms with Gasteiger partial charge in [0.1, 0.15) is 11.5 Å². The summed E-state index contributed by atoms with van der Waals surface area (Å²) in [6.45, 7) is 3.91. The molecule has 152 valence electrons. The van der Waals surface area contributed by atoms with Crippen molar-refractivity contribution in [3.8, 4) is 11.5 Å². The molecule has 0 bridgehead atoms. The fourth-order valence-electron chi connectivity index (χ4n) is 3.07. The number of ether oxygens (including phenoxy) is 3. The molecule has 0 atom stereocenters. The van der Waals surface area contributed by atoms with Crippen LogP contribution in [-0.2, 0) is 32.4 Å². The summed E-state index contributed by atoms with van der Waals surface area (Å²) in [7, 11) is -3.53. The van der Waals surface area contributed by atoms with Gasteiger partial charge in [-0.1, -0.05) is 24.3 Å². The number of benzene rings is 2. The van der Waals surface area contributed by atoms with Gasteiger partial charge in [-0.15, -0.1) is 0 Å². The molecule has 6 nitrogen and oxygen atoms in total. The van der Waals surface area contributed by atoms with Crippen molar-refractivity contribution in [3.05, 3.63) is 59.7 Å². The Morgan fingerprint density at radius 3 is 2.39 bits per heavy atom. The second-order valence-corrected chi connectivity index (χ2v) is 8.61. The zero-order chi connectivity index (χ0) is 20.0. The van der Waals surface area contributed by atoms with Crippen LogP contribution in [0.2, 0.25) is 0 Å². The van der Waals surface area contributed by atoms with Gasteiger partial charge < -0.3 is 18.4 Å². The molecule has 0 saturated carbocycles. The predicted octanol–water partition coefficient (Wildman–Crippen LogP) is 3.34. The third kappa shape index (κ3) is 6.51. The topological polar surface area (TPSA) is 71.1 Å². The second kappa shape index (κ2) is 8.94. The van der Waals surface area contributed by atoms with Gasteiger partial charge >= 0.3 is 10.1 Å². The summed E-state index contributed by atoms with van der Waals surface area (Å²) in [4.78, 5) is 0. The quantitative estimate of drug-likeness (QED) is 0.626. The fourth-order valence-corrected chi connectivity index (χ4v) is 3.52. The van der Waals surface area contributed by atoms with E-state index in [9.17, 15) is 8.42 Å². The van der Waals surface area contributed by atoms with E-state index in [4.69, 9.17) is 18.4 Å². The Morgan fingerprint density at radius 1 is 1.00 bits per heavy atom. The maximum Gasteiger partial charge on any atom is 0.306 e. The molecule has 0 amide bonds. The maximum absolute atomic E-state index is 11.2. The van der Waals surface area contributed by atoms with Crippen molar-refractivity contribution in [1.82, 2.24) is 0 Å². The van der Waals surface area contributed by atoms with E-state index in [2.05, 4.69) is 0 Å². The Morgan fingerprint density at radius 2 is 1.71 bits per heavy atom. The van der Waals surface area contributed by atoms with Crippen LogP contribution >= 0.6 is 0 Å². The molecule has 7 heteroatoms. The molecule has 0 N–H and O–H groups in total. The minimum absolute atomic E-state index is 0.310. The van der Waals surface area contributed by atoms with Crippen LogP contribution in [0.1, 0.15) is 24.5 Å². The molecule has 1 aliphatic rings. The largest absolute Gasteiger partial charge is 0.493 e. The van der Waals surface area contributed by atoms with E-state index in [0.29, 0.717) is 25.2 Å². The average molecular weight is 407 g/mol. The van der Waals surface area contributed by atoms with E-state index in [1.54, 1.807) is 18.2 Å². The summed E-state index contributed by atoms with van der Waals surface area (Å²) in [6, 6.07) is 14.9. The van der Waals surface area contributed by atoms with Gasteiger partial charge in [0.2, 0.25) is 0 Å². The van der Waals surface area contributed by atoms with Crippen LogP contribution in [0.25, 0.3) is 0 Å². The van der Waals surface area contributed by atoms with Crippen molar-refractivity contribution >= 4 is 10.1 Å². The Hall–Kier alpha value is -2.09. The highest BCUT2D eigenvalue weighted by Gasteiger charge is 2.29. The molecule has 2 aromatic carbocycles. The van der Waals surface area contributed by atoms with Crippen molar-refractivity contribution in [1.29, 1.82) is 0 Å². The van der Waals surface area contributed by atoms with Crippen molar-refractivity contribution in [3.63, 3.8) is 0 Å². The van der Waals surface area contributed by atoms with Crippen LogP contribution in [0, 0.1) is 0 Å². The van der Waals surface area contributed by atoms with Gasteiger partial charge in [-0.25, -0.2) is 0 Å². The van der Waals surface area contributed by atoms with Gasteiger partial charge in [0.25, 0.3) is 0 Å². The van der Waals surface area contributed by atoms with E-state index < -0.39 is 15.9 Å². The molecule has 3 rings (SSSR count). The smallest absolute Gasteiger partial charge is 0.306 e. The van der Waals surface area contributed by atoms with Crippen LogP contribution in [0.4, 0.5) is 0 Å². The molecule has 28 heavy (non-hydrogen) atoms. The molecule has 0 radical (unpaired) electrons. The lowest BCUT2D eigenvalue weighted by Gasteiger charge is -2.34. The zero-order valence-corrected chi connectivity index (χ0v) is 17.0. The first-order valence-electron chi connectivity index (χ1n) is 9.29. The fraction of sp³-hybridized carbons (Fsp3) is 0.429. The lowest BCUT2D eigenvalue weighted by atomic mass is 10.1. The molecular weight excluding hydrogens is 380 g/mol. The first-order valence-corrected chi connectivity index (χ1v) is 11.1. The summed E-state index contributed by atoms with van der Waals surface area (Å²) in [5.41, 5.74) is 2.07. The molecule has 1 fully saturated rings. The highest BCUT2D eigenvalue weighted by atomic mass is 32.2. The summed E-state index contributed by atoms with van der Waals surface area (Å²) >= 11 is 0. The lowest BCUT2D eigenvalue weighted by molar-refractivity contribution is -0.254. The number of rotatable bonds is 8. The summed E-state index contributed by atoms with van der Waals surface area (Å²) in [6.07, 6.45) is 3.30. The SMILES string of the molecule is CC1(Cc2ccc(OCCc3cccc(OS(C)(=O)=O)c3)cc2)OCCCO1. The van der Waals surface area contributed by atoms with Crippen LogP contribution in [-0.4, -0.2) is 40.3 Å². The summed E-state index contributed by atoms with van der Waals surface area (Å²) in [5.74, 6) is 0.535. The third-order valence-corrected chi connectivity index (χ3v) is 4.85. The van der Waals surface area contributed by atoms with Crippen LogP contribution in [0.15, 0.2) is 48.5 Å². The van der Waals surface area contributed by atoms with E-state index in [1.165, 1.54) is 0 Å². The van der Waals surface area contributed by atoms with Gasteiger partial charge in [0.15, 0.2) is 5.79 Å². The minimum Gasteiger partial charge on any atom is -0.493 e. The van der Waals surface area contributed by atoms with Crippen molar-refractivity contribution in [2.45, 2.75) is 32.0 Å². The molecule has 2 aromatic rings. The first kappa shape index (κ1) is 20.6. The van der Waals surface area contributed by atoms with E-state index in [-0.39, 0.29) is 0 Å². The van der Waals surface area contributed by atoms with Crippen LogP contribution in [0.3, 0.4) is 0 Å². The minimum atomic E-state index is -3.53. The van der Waals surface area contributed by atoms with E-state index >= 15 is 0 Å². The lowest BCUT2D eigenvalue weighted by Crippen LogP contribution is -2.39. The highest BCUT2D eigenvalue weighted by Crippen LogP contribution is 2.24. The standard InChI is InChI=1S/C21H26O6S/c1-21(25-12-4-13-26-21)16-18-7-9-19(10-8-18)24-14-11-17-5-3-6-20(15-17)27-28(2,22)23/h3,5-10,15H,4,11-14,16H2,1-2H3. The molecule has 1 heterocycles. The monoisotopic (exact) mass is 406 g/mol. The third-order valence-electron chi connectivity index (χ3n) is 4.36.